The Kier molecular flexibility index (Phi) is 3.19. The van der Waals surface area contributed by atoms with Gasteiger partial charge >= 0.3 is 5.97 Å². The van der Waals surface area contributed by atoms with Gasteiger partial charge in [0, 0.05) is 12.8 Å². The summed E-state index contributed by atoms with van der Waals surface area (Å²) in [6, 6.07) is 0. The number of hydrogen-bond acceptors (Lipinski definition) is 3. The van der Waals surface area contributed by atoms with E-state index in [1.54, 1.807) is 6.92 Å². The summed E-state index contributed by atoms with van der Waals surface area (Å²) in [4.78, 5) is 21.0. The quantitative estimate of drug-likeness (QED) is 0.615. The van der Waals surface area contributed by atoms with Gasteiger partial charge < -0.3 is 10.2 Å². The first-order valence-corrected chi connectivity index (χ1v) is 3.37. The molecule has 0 aromatic rings. The summed E-state index contributed by atoms with van der Waals surface area (Å²) in [6.07, 6.45) is -0.0672. The lowest BCUT2D eigenvalue weighted by Gasteiger charge is -2.15. The average molecular weight is 160 g/mol. The van der Waals surface area contributed by atoms with Crippen molar-refractivity contribution in [2.75, 3.05) is 0 Å². The number of Topliss-reactive ketones (excluding diaryl/α,β-unsaturated/α-hetero) is 1. The molecule has 1 unspecified atom stereocenters. The van der Waals surface area contributed by atoms with E-state index in [4.69, 9.17) is 10.2 Å². The Morgan fingerprint density at radius 1 is 1.45 bits per heavy atom. The van der Waals surface area contributed by atoms with Crippen LogP contribution in [-0.4, -0.2) is 27.6 Å². The van der Waals surface area contributed by atoms with E-state index in [1.165, 1.54) is 0 Å². The minimum atomic E-state index is -1.91. The summed E-state index contributed by atoms with van der Waals surface area (Å²) in [7, 11) is 0. The van der Waals surface area contributed by atoms with Crippen molar-refractivity contribution in [3.63, 3.8) is 0 Å². The van der Waals surface area contributed by atoms with Gasteiger partial charge in [-0.1, -0.05) is 6.92 Å². The molecule has 4 nitrogen and oxygen atoms in total. The van der Waals surface area contributed by atoms with Gasteiger partial charge in [0.25, 0.3) is 0 Å². The number of carbonyl (C=O) groups is 2. The van der Waals surface area contributed by atoms with E-state index in [0.717, 1.165) is 6.92 Å². The number of rotatable bonds is 4. The molecule has 2 N–H and O–H groups in total. The third-order valence-corrected chi connectivity index (χ3v) is 1.40. The van der Waals surface area contributed by atoms with Crippen LogP contribution in [-0.2, 0) is 9.59 Å². The van der Waals surface area contributed by atoms with E-state index in [2.05, 4.69) is 0 Å². The maximum Gasteiger partial charge on any atom is 0.335 e. The van der Waals surface area contributed by atoms with Gasteiger partial charge in [-0.3, -0.25) is 4.79 Å². The molecule has 0 saturated carbocycles. The van der Waals surface area contributed by atoms with Crippen molar-refractivity contribution in [2.45, 2.75) is 32.3 Å². The molecule has 0 bridgehead atoms. The van der Waals surface area contributed by atoms with E-state index in [0.29, 0.717) is 0 Å². The van der Waals surface area contributed by atoms with E-state index < -0.39 is 11.6 Å². The van der Waals surface area contributed by atoms with Crippen LogP contribution in [0, 0.1) is 0 Å². The molecule has 0 saturated heterocycles. The molecule has 0 aromatic heterocycles. The predicted octanol–water partition coefficient (Wildman–Crippen LogP) is 0.191. The van der Waals surface area contributed by atoms with E-state index in [1.807, 2.05) is 0 Å². The number of carbonyl (C=O) groups excluding carboxylic acids is 1. The van der Waals surface area contributed by atoms with Crippen LogP contribution >= 0.6 is 0 Å². The number of aliphatic carboxylic acids is 1. The lowest BCUT2D eigenvalue weighted by Crippen LogP contribution is -2.37. The van der Waals surface area contributed by atoms with Gasteiger partial charge in [0.2, 0.25) is 0 Å². The van der Waals surface area contributed by atoms with Gasteiger partial charge in [-0.25, -0.2) is 4.79 Å². The third kappa shape index (κ3) is 3.13. The van der Waals surface area contributed by atoms with Crippen molar-refractivity contribution in [1.82, 2.24) is 0 Å². The molecule has 1 atom stereocenters. The maximum absolute atomic E-state index is 10.7. The summed E-state index contributed by atoms with van der Waals surface area (Å²) in [5.74, 6) is -1.61. The molecule has 0 aromatic carbocycles. The molecule has 0 aliphatic carbocycles. The highest BCUT2D eigenvalue weighted by molar-refractivity contribution is 5.87. The fourth-order valence-electron chi connectivity index (χ4n) is 0.585. The zero-order valence-corrected chi connectivity index (χ0v) is 6.63. The highest BCUT2D eigenvalue weighted by atomic mass is 16.4. The van der Waals surface area contributed by atoms with Gasteiger partial charge in [-0.15, -0.1) is 0 Å². The first-order chi connectivity index (χ1) is 4.90. The monoisotopic (exact) mass is 160 g/mol. The van der Waals surface area contributed by atoms with Gasteiger partial charge in [0.05, 0.1) is 0 Å². The molecule has 0 aliphatic heterocycles. The summed E-state index contributed by atoms with van der Waals surface area (Å²) in [5.41, 5.74) is -1.91. The van der Waals surface area contributed by atoms with Crippen molar-refractivity contribution < 1.29 is 19.8 Å². The van der Waals surface area contributed by atoms with Crippen molar-refractivity contribution in [3.05, 3.63) is 0 Å². The zero-order chi connectivity index (χ0) is 9.07. The van der Waals surface area contributed by atoms with Crippen LogP contribution in [0.1, 0.15) is 26.7 Å². The second kappa shape index (κ2) is 3.48. The summed E-state index contributed by atoms with van der Waals surface area (Å²) in [5, 5.41) is 17.5. The number of aliphatic hydroxyl groups is 1. The Labute approximate surface area is 64.8 Å². The zero-order valence-electron chi connectivity index (χ0n) is 6.63. The molecule has 11 heavy (non-hydrogen) atoms. The molecule has 0 heterocycles. The number of carboxylic acid groups (broad SMARTS) is 1. The lowest BCUT2D eigenvalue weighted by molar-refractivity contribution is -0.159. The number of carboxylic acids is 1. The third-order valence-electron chi connectivity index (χ3n) is 1.40. The Balaban J connectivity index is 4.12. The molecule has 0 rings (SSSR count). The van der Waals surface area contributed by atoms with Crippen LogP contribution in [0.3, 0.4) is 0 Å². The Morgan fingerprint density at radius 3 is 2.18 bits per heavy atom. The predicted molar refractivity (Wildman–Crippen MR) is 38.2 cm³/mol. The largest absolute Gasteiger partial charge is 0.479 e. The molecular formula is C7H12O4. The standard InChI is InChI=1S/C7H12O4/c1-3-5(8)4-7(2,11)6(9)10/h11H,3-4H2,1-2H3,(H,9,10). The van der Waals surface area contributed by atoms with Gasteiger partial charge in [-0.05, 0) is 6.92 Å². The Hall–Kier alpha value is -0.900. The van der Waals surface area contributed by atoms with Crippen LogP contribution in [0.15, 0.2) is 0 Å². The van der Waals surface area contributed by atoms with Crippen LogP contribution < -0.4 is 0 Å². The van der Waals surface area contributed by atoms with Crippen LogP contribution in [0.4, 0.5) is 0 Å². The van der Waals surface area contributed by atoms with E-state index in [9.17, 15) is 9.59 Å². The molecule has 4 heteroatoms. The first kappa shape index (κ1) is 10.1. The van der Waals surface area contributed by atoms with Crippen molar-refractivity contribution >= 4 is 11.8 Å². The fourth-order valence-corrected chi connectivity index (χ4v) is 0.585. The normalized spacial score (nSPS) is 15.5. The highest BCUT2D eigenvalue weighted by Crippen LogP contribution is 2.10. The van der Waals surface area contributed by atoms with Crippen LogP contribution in [0.5, 0.6) is 0 Å². The minimum Gasteiger partial charge on any atom is -0.479 e. The summed E-state index contributed by atoms with van der Waals surface area (Å²) in [6.45, 7) is 2.74. The van der Waals surface area contributed by atoms with Crippen molar-refractivity contribution in [1.29, 1.82) is 0 Å². The maximum atomic E-state index is 10.7. The summed E-state index contributed by atoms with van der Waals surface area (Å²) >= 11 is 0. The first-order valence-electron chi connectivity index (χ1n) is 3.37. The fraction of sp³-hybridized carbons (Fsp3) is 0.714. The SMILES string of the molecule is CCC(=O)CC(C)(O)C(=O)O. The second-order valence-corrected chi connectivity index (χ2v) is 2.65. The number of hydrogen-bond donors (Lipinski definition) is 2. The Morgan fingerprint density at radius 2 is 1.91 bits per heavy atom. The van der Waals surface area contributed by atoms with E-state index in [-0.39, 0.29) is 18.6 Å². The second-order valence-electron chi connectivity index (χ2n) is 2.65. The molecule has 0 spiro atoms. The molecule has 0 radical (unpaired) electrons. The van der Waals surface area contributed by atoms with Crippen LogP contribution in [0.25, 0.3) is 0 Å². The molecule has 0 amide bonds. The van der Waals surface area contributed by atoms with Gasteiger partial charge in [-0.2, -0.15) is 0 Å². The smallest absolute Gasteiger partial charge is 0.335 e. The van der Waals surface area contributed by atoms with Crippen LogP contribution in [0.2, 0.25) is 0 Å². The van der Waals surface area contributed by atoms with Crippen molar-refractivity contribution in [2.24, 2.45) is 0 Å². The molecule has 0 aliphatic rings. The summed E-state index contributed by atoms with van der Waals surface area (Å²) < 4.78 is 0. The van der Waals surface area contributed by atoms with Gasteiger partial charge in [0.1, 0.15) is 5.78 Å². The Bertz CT molecular complexity index is 171. The van der Waals surface area contributed by atoms with Crippen molar-refractivity contribution in [3.8, 4) is 0 Å². The van der Waals surface area contributed by atoms with E-state index >= 15 is 0 Å². The molecule has 64 valence electrons. The topological polar surface area (TPSA) is 74.6 Å². The number of ketones is 1. The average Bonchev–Trinajstić information content (AvgIpc) is 1.86. The van der Waals surface area contributed by atoms with Gasteiger partial charge in [0.15, 0.2) is 5.60 Å². The molecule has 0 fully saturated rings. The minimum absolute atomic E-state index is 0.252. The lowest BCUT2D eigenvalue weighted by atomic mass is 9.99. The highest BCUT2D eigenvalue weighted by Gasteiger charge is 2.31. The molecular weight excluding hydrogens is 148 g/mol.